The van der Waals surface area contributed by atoms with Gasteiger partial charge in [0, 0.05) is 19.4 Å². The molecule has 0 N–H and O–H groups in total. The first-order valence-electron chi connectivity index (χ1n) is 8.59. The number of thiophene rings is 1. The average Bonchev–Trinajstić information content (AvgIpc) is 3.30. The highest BCUT2D eigenvalue weighted by molar-refractivity contribution is 7.13. The molecule has 6 nitrogen and oxygen atoms in total. The summed E-state index contributed by atoms with van der Waals surface area (Å²) in [7, 11) is 0. The first-order valence-corrected chi connectivity index (χ1v) is 9.47. The van der Waals surface area contributed by atoms with Gasteiger partial charge in [0.2, 0.25) is 17.6 Å². The van der Waals surface area contributed by atoms with Crippen molar-refractivity contribution in [3.63, 3.8) is 0 Å². The summed E-state index contributed by atoms with van der Waals surface area (Å²) in [5, 5.41) is 5.97. The van der Waals surface area contributed by atoms with Crippen LogP contribution in [0.3, 0.4) is 0 Å². The molecule has 1 saturated heterocycles. The van der Waals surface area contributed by atoms with Gasteiger partial charge in [-0.1, -0.05) is 24.1 Å². The highest BCUT2D eigenvalue weighted by atomic mass is 32.1. The summed E-state index contributed by atoms with van der Waals surface area (Å²) in [5.41, 5.74) is 0. The summed E-state index contributed by atoms with van der Waals surface area (Å²) in [6.45, 7) is 1.35. The SMILES string of the molecule is O=C(CCc1nc(-c2cccs2)no1)N1CCO[C@H]2CCCC[C@@H]21. The van der Waals surface area contributed by atoms with Crippen LogP contribution in [0.1, 0.15) is 38.0 Å². The van der Waals surface area contributed by atoms with Gasteiger partial charge in [0.1, 0.15) is 0 Å². The van der Waals surface area contributed by atoms with Crippen molar-refractivity contribution in [1.29, 1.82) is 0 Å². The number of aromatic nitrogens is 2. The number of carbonyl (C=O) groups excluding carboxylic acids is 1. The molecule has 128 valence electrons. The Morgan fingerprint density at radius 3 is 3.17 bits per heavy atom. The quantitative estimate of drug-likeness (QED) is 0.851. The summed E-state index contributed by atoms with van der Waals surface area (Å²) in [6, 6.07) is 4.17. The minimum absolute atomic E-state index is 0.172. The van der Waals surface area contributed by atoms with Crippen molar-refractivity contribution >= 4 is 17.2 Å². The summed E-state index contributed by atoms with van der Waals surface area (Å²) in [6.07, 6.45) is 5.65. The second-order valence-electron chi connectivity index (χ2n) is 6.34. The van der Waals surface area contributed by atoms with Gasteiger partial charge in [0.25, 0.3) is 0 Å². The van der Waals surface area contributed by atoms with Gasteiger partial charge >= 0.3 is 0 Å². The Hall–Kier alpha value is -1.73. The molecule has 3 heterocycles. The number of amides is 1. The molecule has 1 amide bonds. The van der Waals surface area contributed by atoms with Gasteiger partial charge in [-0.3, -0.25) is 4.79 Å². The second kappa shape index (κ2) is 7.03. The minimum Gasteiger partial charge on any atom is -0.374 e. The molecule has 4 rings (SSSR count). The van der Waals surface area contributed by atoms with E-state index in [-0.39, 0.29) is 18.1 Å². The topological polar surface area (TPSA) is 68.5 Å². The molecule has 2 aromatic heterocycles. The number of ether oxygens (including phenoxy) is 1. The Morgan fingerprint density at radius 2 is 2.29 bits per heavy atom. The van der Waals surface area contributed by atoms with E-state index in [1.165, 1.54) is 12.8 Å². The first-order chi connectivity index (χ1) is 11.8. The van der Waals surface area contributed by atoms with E-state index < -0.39 is 0 Å². The molecule has 1 aliphatic carbocycles. The van der Waals surface area contributed by atoms with Crippen molar-refractivity contribution in [2.75, 3.05) is 13.2 Å². The number of nitrogens with zero attached hydrogens (tertiary/aromatic N) is 3. The van der Waals surface area contributed by atoms with Gasteiger partial charge in [-0.15, -0.1) is 11.3 Å². The Balaban J connectivity index is 1.36. The molecule has 2 aliphatic rings. The molecule has 0 bridgehead atoms. The van der Waals surface area contributed by atoms with Crippen molar-refractivity contribution in [3.8, 4) is 10.7 Å². The number of hydrogen-bond donors (Lipinski definition) is 0. The van der Waals surface area contributed by atoms with Crippen molar-refractivity contribution in [1.82, 2.24) is 15.0 Å². The number of fused-ring (bicyclic) bond motifs is 1. The van der Waals surface area contributed by atoms with E-state index in [9.17, 15) is 4.79 Å². The van der Waals surface area contributed by atoms with Gasteiger partial charge in [-0.2, -0.15) is 4.98 Å². The van der Waals surface area contributed by atoms with Crippen LogP contribution in [-0.4, -0.2) is 46.2 Å². The van der Waals surface area contributed by atoms with Crippen molar-refractivity contribution in [2.45, 2.75) is 50.7 Å². The van der Waals surface area contributed by atoms with Crippen LogP contribution in [0.25, 0.3) is 10.7 Å². The van der Waals surface area contributed by atoms with Crippen LogP contribution in [0, 0.1) is 0 Å². The van der Waals surface area contributed by atoms with E-state index in [1.807, 2.05) is 22.4 Å². The molecule has 2 atom stereocenters. The van der Waals surface area contributed by atoms with Crippen LogP contribution in [0.4, 0.5) is 0 Å². The molecular weight excluding hydrogens is 326 g/mol. The van der Waals surface area contributed by atoms with Crippen molar-refractivity contribution < 1.29 is 14.1 Å². The van der Waals surface area contributed by atoms with E-state index in [0.717, 1.165) is 17.7 Å². The maximum absolute atomic E-state index is 12.6. The Morgan fingerprint density at radius 1 is 1.38 bits per heavy atom. The number of aryl methyl sites for hydroxylation is 1. The molecule has 0 unspecified atom stereocenters. The monoisotopic (exact) mass is 347 g/mol. The fraction of sp³-hybridized carbons (Fsp3) is 0.588. The van der Waals surface area contributed by atoms with E-state index in [0.29, 0.717) is 37.7 Å². The number of carbonyl (C=O) groups is 1. The Labute approximate surface area is 144 Å². The number of rotatable bonds is 4. The fourth-order valence-corrected chi connectivity index (χ4v) is 4.28. The Kier molecular flexibility index (Phi) is 4.62. The fourth-order valence-electron chi connectivity index (χ4n) is 3.63. The van der Waals surface area contributed by atoms with Crippen LogP contribution in [0.5, 0.6) is 0 Å². The van der Waals surface area contributed by atoms with E-state index >= 15 is 0 Å². The molecule has 0 radical (unpaired) electrons. The lowest BCUT2D eigenvalue weighted by Gasteiger charge is -2.43. The third-order valence-corrected chi connectivity index (χ3v) is 5.68. The third-order valence-electron chi connectivity index (χ3n) is 4.81. The lowest BCUT2D eigenvalue weighted by Crippen LogP contribution is -2.54. The predicted molar refractivity (Wildman–Crippen MR) is 89.6 cm³/mol. The van der Waals surface area contributed by atoms with Gasteiger partial charge in [-0.25, -0.2) is 0 Å². The van der Waals surface area contributed by atoms with Gasteiger partial charge in [0.15, 0.2) is 0 Å². The molecule has 0 aromatic carbocycles. The molecule has 2 fully saturated rings. The van der Waals surface area contributed by atoms with Crippen LogP contribution >= 0.6 is 11.3 Å². The van der Waals surface area contributed by atoms with E-state index in [1.54, 1.807) is 11.3 Å². The summed E-state index contributed by atoms with van der Waals surface area (Å²) >= 11 is 1.57. The molecule has 7 heteroatoms. The van der Waals surface area contributed by atoms with Crippen LogP contribution in [0.15, 0.2) is 22.0 Å². The van der Waals surface area contributed by atoms with Crippen molar-refractivity contribution in [2.24, 2.45) is 0 Å². The third kappa shape index (κ3) is 3.23. The van der Waals surface area contributed by atoms with Gasteiger partial charge in [0.05, 0.1) is 23.6 Å². The zero-order chi connectivity index (χ0) is 16.4. The highest BCUT2D eigenvalue weighted by Crippen LogP contribution is 2.29. The van der Waals surface area contributed by atoms with Gasteiger partial charge < -0.3 is 14.2 Å². The van der Waals surface area contributed by atoms with Crippen LogP contribution < -0.4 is 0 Å². The predicted octanol–water partition coefficient (Wildman–Crippen LogP) is 2.90. The average molecular weight is 347 g/mol. The molecular formula is C17H21N3O3S. The first kappa shape index (κ1) is 15.8. The lowest BCUT2D eigenvalue weighted by molar-refractivity contribution is -0.149. The normalized spacial score (nSPS) is 23.9. The Bertz CT molecular complexity index is 683. The number of morpholine rings is 1. The standard InChI is InChI=1S/C17H21N3O3S/c21-16(20-9-10-22-13-5-2-1-4-12(13)20)8-7-15-18-17(19-23-15)14-6-3-11-24-14/h3,6,11-13H,1-2,4-5,7-10H2/t12-,13-/m0/s1. The summed E-state index contributed by atoms with van der Waals surface area (Å²) < 4.78 is 11.1. The van der Waals surface area contributed by atoms with Crippen molar-refractivity contribution in [3.05, 3.63) is 23.4 Å². The molecule has 1 aliphatic heterocycles. The van der Waals surface area contributed by atoms with Gasteiger partial charge in [-0.05, 0) is 24.3 Å². The maximum Gasteiger partial charge on any atom is 0.227 e. The van der Waals surface area contributed by atoms with E-state index in [2.05, 4.69) is 10.1 Å². The molecule has 0 spiro atoms. The molecule has 2 aromatic rings. The van der Waals surface area contributed by atoms with E-state index in [4.69, 9.17) is 9.26 Å². The smallest absolute Gasteiger partial charge is 0.227 e. The second-order valence-corrected chi connectivity index (χ2v) is 7.28. The largest absolute Gasteiger partial charge is 0.374 e. The molecule has 1 saturated carbocycles. The zero-order valence-electron chi connectivity index (χ0n) is 13.5. The number of hydrogen-bond acceptors (Lipinski definition) is 6. The minimum atomic E-state index is 0.172. The highest BCUT2D eigenvalue weighted by Gasteiger charge is 2.36. The summed E-state index contributed by atoms with van der Waals surface area (Å²) in [5.74, 6) is 1.30. The molecule has 24 heavy (non-hydrogen) atoms. The maximum atomic E-state index is 12.6. The van der Waals surface area contributed by atoms with Crippen LogP contribution in [-0.2, 0) is 16.0 Å². The van der Waals surface area contributed by atoms with Crippen LogP contribution in [0.2, 0.25) is 0 Å². The lowest BCUT2D eigenvalue weighted by atomic mass is 9.90. The summed E-state index contributed by atoms with van der Waals surface area (Å²) in [4.78, 5) is 20.0. The zero-order valence-corrected chi connectivity index (χ0v) is 14.3.